The Morgan fingerprint density at radius 3 is 2.10 bits per heavy atom. The summed E-state index contributed by atoms with van der Waals surface area (Å²) in [6.07, 6.45) is 2.38. The van der Waals surface area contributed by atoms with Gasteiger partial charge < -0.3 is 20.4 Å². The zero-order valence-electron chi connectivity index (χ0n) is 27.3. The highest BCUT2D eigenvalue weighted by Crippen LogP contribution is 2.31. The number of piperidine rings is 1. The molecule has 1 fully saturated rings. The van der Waals surface area contributed by atoms with Gasteiger partial charge in [-0.3, -0.25) is 14.2 Å². The van der Waals surface area contributed by atoms with Gasteiger partial charge in [0, 0.05) is 45.3 Å². The molecule has 0 radical (unpaired) electrons. The lowest BCUT2D eigenvalue weighted by Gasteiger charge is -2.32. The summed E-state index contributed by atoms with van der Waals surface area (Å²) in [5.74, 6) is -0.0298. The van der Waals surface area contributed by atoms with Crippen LogP contribution in [0.1, 0.15) is 98.1 Å². The van der Waals surface area contributed by atoms with E-state index in [0.717, 1.165) is 12.8 Å². The Hall–Kier alpha value is -2.65. The summed E-state index contributed by atoms with van der Waals surface area (Å²) in [4.78, 5) is 33.9. The van der Waals surface area contributed by atoms with Crippen LogP contribution in [0, 0.1) is 5.82 Å². The Kier molecular flexibility index (Phi) is 25.3. The number of rotatable bonds is 6. The second kappa shape index (κ2) is 24.2. The summed E-state index contributed by atoms with van der Waals surface area (Å²) in [6.45, 7) is 21.4. The van der Waals surface area contributed by atoms with E-state index in [2.05, 4.69) is 4.98 Å². The molecule has 1 aliphatic heterocycles. The van der Waals surface area contributed by atoms with Crippen molar-refractivity contribution in [1.29, 1.82) is 0 Å². The van der Waals surface area contributed by atoms with Gasteiger partial charge in [-0.1, -0.05) is 80.8 Å². The predicted molar refractivity (Wildman–Crippen MR) is 171 cm³/mol. The second-order valence-electron chi connectivity index (χ2n) is 7.67. The minimum absolute atomic E-state index is 0.0260. The smallest absolute Gasteiger partial charge is 0.273 e. The largest absolute Gasteiger partial charge is 0.343 e. The Balaban J connectivity index is -0.00000123. The highest BCUT2D eigenvalue weighted by Gasteiger charge is 2.31. The van der Waals surface area contributed by atoms with Gasteiger partial charge >= 0.3 is 0 Å². The molecule has 232 valence electrons. The van der Waals surface area contributed by atoms with E-state index in [9.17, 15) is 14.0 Å². The normalized spacial score (nSPS) is 13.1. The third-order valence-electron chi connectivity index (χ3n) is 5.11. The van der Waals surface area contributed by atoms with E-state index in [4.69, 9.17) is 17.3 Å². The topological polar surface area (TPSA) is 87.7 Å². The number of amides is 2. The first-order chi connectivity index (χ1) is 19.2. The number of aromatic nitrogens is 2. The van der Waals surface area contributed by atoms with Gasteiger partial charge in [-0.2, -0.15) is 4.98 Å². The first-order valence-corrected chi connectivity index (χ1v) is 15.1. The van der Waals surface area contributed by atoms with Crippen molar-refractivity contribution in [2.45, 2.75) is 94.7 Å². The van der Waals surface area contributed by atoms with E-state index in [1.165, 1.54) is 35.0 Å². The van der Waals surface area contributed by atoms with Gasteiger partial charge in [-0.05, 0) is 36.6 Å². The van der Waals surface area contributed by atoms with E-state index in [-0.39, 0.29) is 30.0 Å². The molecular weight excluding hydrogens is 531 g/mol. The van der Waals surface area contributed by atoms with Gasteiger partial charge in [0.15, 0.2) is 11.5 Å². The molecule has 1 aromatic carbocycles. The van der Waals surface area contributed by atoms with E-state index in [0.29, 0.717) is 36.0 Å². The number of hydrogen-bond donors (Lipinski definition) is 1. The third-order valence-corrected chi connectivity index (χ3v) is 5.48. The highest BCUT2D eigenvalue weighted by atomic mass is 35.5. The standard InChI is InChI=1S/C20H26ClFN6O2.5C2H6/c1-25(2)19(30)17-18(26(3)12-29)24-20(27-8-4-5-15(23)11-27)28(17)10-13-9-14(22)6-7-16(13)21;5*1-2/h6-7,9,12,15H,4-5,8,10-11,23H2,1-3H3;5*1-2H3/t15-;;;;;/m1...../s1. The molecule has 1 aliphatic rings. The van der Waals surface area contributed by atoms with Crippen molar-refractivity contribution in [2.75, 3.05) is 44.0 Å². The SMILES string of the molecule is CC.CC.CC.CC.CC.CN(C)C(=O)c1c(N(C)C=O)nc(N2CCC[C@@H](N)C2)n1Cc1cc(F)ccc1Cl. The molecule has 0 unspecified atom stereocenters. The Labute approximate surface area is 248 Å². The molecule has 0 aliphatic carbocycles. The molecular formula is C30H56ClFN6O2. The lowest BCUT2D eigenvalue weighted by Crippen LogP contribution is -2.44. The summed E-state index contributed by atoms with van der Waals surface area (Å²) in [7, 11) is 4.78. The first kappa shape index (κ1) is 41.8. The van der Waals surface area contributed by atoms with E-state index in [1.54, 1.807) is 18.7 Å². The number of benzene rings is 1. The van der Waals surface area contributed by atoms with Crippen LogP contribution in [0.2, 0.25) is 5.02 Å². The minimum Gasteiger partial charge on any atom is -0.343 e. The molecule has 40 heavy (non-hydrogen) atoms. The number of carbonyl (C=O) groups is 2. The summed E-state index contributed by atoms with van der Waals surface area (Å²) in [5, 5.41) is 0.375. The van der Waals surface area contributed by atoms with Crippen LogP contribution in [0.3, 0.4) is 0 Å². The molecule has 0 spiro atoms. The summed E-state index contributed by atoms with van der Waals surface area (Å²) in [6, 6.07) is 4.07. The van der Waals surface area contributed by atoms with Gasteiger partial charge in [0.05, 0.1) is 6.54 Å². The minimum atomic E-state index is -0.429. The summed E-state index contributed by atoms with van der Waals surface area (Å²) < 4.78 is 15.6. The number of nitrogens with zero attached hydrogens (tertiary/aromatic N) is 5. The molecule has 2 amide bonds. The number of hydrogen-bond acceptors (Lipinski definition) is 5. The molecule has 2 heterocycles. The van der Waals surface area contributed by atoms with Crippen molar-refractivity contribution >= 4 is 35.7 Å². The van der Waals surface area contributed by atoms with Gasteiger partial charge in [0.2, 0.25) is 12.4 Å². The van der Waals surface area contributed by atoms with E-state index < -0.39 is 5.82 Å². The fourth-order valence-electron chi connectivity index (χ4n) is 3.57. The van der Waals surface area contributed by atoms with Crippen molar-refractivity contribution in [2.24, 2.45) is 5.73 Å². The van der Waals surface area contributed by atoms with Crippen LogP contribution in [0.15, 0.2) is 18.2 Å². The number of imidazole rings is 1. The number of anilines is 2. The summed E-state index contributed by atoms with van der Waals surface area (Å²) in [5.41, 5.74) is 6.89. The van der Waals surface area contributed by atoms with Crippen molar-refractivity contribution in [3.8, 4) is 0 Å². The molecule has 2 aromatic rings. The molecule has 0 saturated carbocycles. The summed E-state index contributed by atoms with van der Waals surface area (Å²) >= 11 is 6.30. The van der Waals surface area contributed by atoms with Crippen molar-refractivity contribution in [1.82, 2.24) is 14.5 Å². The first-order valence-electron chi connectivity index (χ1n) is 14.7. The van der Waals surface area contributed by atoms with Crippen LogP contribution in [0.4, 0.5) is 16.2 Å². The van der Waals surface area contributed by atoms with Crippen LogP contribution >= 0.6 is 11.6 Å². The van der Waals surface area contributed by atoms with Gasteiger partial charge in [0.1, 0.15) is 5.82 Å². The van der Waals surface area contributed by atoms with Crippen LogP contribution in [0.5, 0.6) is 0 Å². The quantitative estimate of drug-likeness (QED) is 0.365. The fraction of sp³-hybridized carbons (Fsp3) is 0.633. The molecule has 1 saturated heterocycles. The predicted octanol–water partition coefficient (Wildman–Crippen LogP) is 7.08. The van der Waals surface area contributed by atoms with Crippen LogP contribution in [0.25, 0.3) is 0 Å². The second-order valence-corrected chi connectivity index (χ2v) is 8.08. The number of nitrogens with two attached hydrogens (primary N) is 1. The van der Waals surface area contributed by atoms with Crippen LogP contribution in [-0.4, -0.2) is 67.0 Å². The number of carbonyl (C=O) groups excluding carboxylic acids is 2. The molecule has 10 heteroatoms. The van der Waals surface area contributed by atoms with Crippen molar-refractivity contribution in [3.05, 3.63) is 40.3 Å². The lowest BCUT2D eigenvalue weighted by molar-refractivity contribution is -0.107. The highest BCUT2D eigenvalue weighted by molar-refractivity contribution is 6.31. The number of halogens is 2. The Bertz CT molecular complexity index is 953. The van der Waals surface area contributed by atoms with Crippen LogP contribution in [-0.2, 0) is 11.3 Å². The van der Waals surface area contributed by atoms with Crippen LogP contribution < -0.4 is 15.5 Å². The zero-order chi connectivity index (χ0) is 32.0. The van der Waals surface area contributed by atoms with E-state index in [1.807, 2.05) is 74.1 Å². The average Bonchev–Trinajstić information content (AvgIpc) is 3.38. The van der Waals surface area contributed by atoms with Gasteiger partial charge in [0.25, 0.3) is 5.91 Å². The van der Waals surface area contributed by atoms with E-state index >= 15 is 0 Å². The Morgan fingerprint density at radius 1 is 1.07 bits per heavy atom. The zero-order valence-corrected chi connectivity index (χ0v) is 28.1. The van der Waals surface area contributed by atoms with Gasteiger partial charge in [-0.25, -0.2) is 4.39 Å². The van der Waals surface area contributed by atoms with Crippen molar-refractivity contribution < 1.29 is 14.0 Å². The molecule has 1 atom stereocenters. The molecule has 0 bridgehead atoms. The maximum atomic E-state index is 13.9. The average molecular weight is 587 g/mol. The molecule has 8 nitrogen and oxygen atoms in total. The molecule has 1 aromatic heterocycles. The Morgan fingerprint density at radius 2 is 1.62 bits per heavy atom. The molecule has 2 N–H and O–H groups in total. The van der Waals surface area contributed by atoms with Gasteiger partial charge in [-0.15, -0.1) is 0 Å². The lowest BCUT2D eigenvalue weighted by atomic mass is 10.1. The maximum Gasteiger partial charge on any atom is 0.273 e. The monoisotopic (exact) mass is 586 g/mol. The third kappa shape index (κ3) is 12.3. The fourth-order valence-corrected chi connectivity index (χ4v) is 3.74. The van der Waals surface area contributed by atoms with Crippen molar-refractivity contribution in [3.63, 3.8) is 0 Å². The molecule has 3 rings (SSSR count). The maximum absolute atomic E-state index is 13.9.